The average Bonchev–Trinajstić information content (AvgIpc) is 2.74. The molecule has 0 spiro atoms. The predicted octanol–water partition coefficient (Wildman–Crippen LogP) is 4.03. The van der Waals surface area contributed by atoms with Crippen molar-refractivity contribution in [2.75, 3.05) is 6.61 Å². The fourth-order valence-corrected chi connectivity index (χ4v) is 3.19. The Hall–Kier alpha value is -4.32. The molecule has 0 bridgehead atoms. The van der Waals surface area contributed by atoms with Crippen LogP contribution in [-0.4, -0.2) is 17.5 Å². The lowest BCUT2D eigenvalue weighted by atomic mass is 9.83. The number of benzene rings is 2. The highest BCUT2D eigenvalue weighted by atomic mass is 16.6. The maximum absolute atomic E-state index is 12.5. The third-order valence-electron chi connectivity index (χ3n) is 4.60. The van der Waals surface area contributed by atoms with Crippen LogP contribution in [0.25, 0.3) is 0 Å². The summed E-state index contributed by atoms with van der Waals surface area (Å²) in [5.74, 6) is -0.231. The summed E-state index contributed by atoms with van der Waals surface area (Å²) in [5, 5.41) is 20.4. The van der Waals surface area contributed by atoms with Crippen molar-refractivity contribution in [2.45, 2.75) is 19.8 Å². The zero-order valence-electron chi connectivity index (χ0n) is 16.8. The second-order valence-corrected chi connectivity index (χ2v) is 6.54. The highest BCUT2D eigenvalue weighted by Gasteiger charge is 2.36. The Morgan fingerprint density at radius 2 is 1.77 bits per heavy atom. The molecule has 9 heteroatoms. The van der Waals surface area contributed by atoms with Crippen LogP contribution in [0.2, 0.25) is 0 Å². The summed E-state index contributed by atoms with van der Waals surface area (Å²) in [5.41, 5.74) is 6.79. The van der Waals surface area contributed by atoms with Crippen LogP contribution in [0, 0.1) is 21.4 Å². The summed E-state index contributed by atoms with van der Waals surface area (Å²) in [4.78, 5) is 22.8. The molecule has 1 heterocycles. The first kappa shape index (κ1) is 21.4. The molecule has 0 fully saturated rings. The van der Waals surface area contributed by atoms with Crippen molar-refractivity contribution in [2.24, 2.45) is 5.73 Å². The van der Waals surface area contributed by atoms with Gasteiger partial charge in [-0.25, -0.2) is 4.79 Å². The van der Waals surface area contributed by atoms with Gasteiger partial charge >= 0.3 is 5.97 Å². The number of hydrogen-bond acceptors (Lipinski definition) is 8. The summed E-state index contributed by atoms with van der Waals surface area (Å²) in [7, 11) is 0. The zero-order chi connectivity index (χ0) is 22.5. The molecule has 1 aliphatic heterocycles. The number of nitrogens with two attached hydrogens (primary N) is 1. The van der Waals surface area contributed by atoms with Gasteiger partial charge < -0.3 is 19.9 Å². The van der Waals surface area contributed by atoms with Gasteiger partial charge in [-0.15, -0.1) is 0 Å². The maximum atomic E-state index is 12.5. The molecule has 0 aromatic heterocycles. The van der Waals surface area contributed by atoms with E-state index in [1.54, 1.807) is 38.1 Å². The van der Waals surface area contributed by atoms with Crippen molar-refractivity contribution in [3.63, 3.8) is 0 Å². The van der Waals surface area contributed by atoms with Crippen molar-refractivity contribution in [1.29, 1.82) is 5.26 Å². The Balaban J connectivity index is 1.90. The Morgan fingerprint density at radius 3 is 2.29 bits per heavy atom. The van der Waals surface area contributed by atoms with Gasteiger partial charge in [-0.3, -0.25) is 10.1 Å². The SMILES string of the molecule is CCOC(=O)C1=C(C)OC(N)=C(C#N)C1c1ccc(Oc2ccc([N+](=O)[O-])cc2)cc1. The number of esters is 1. The van der Waals surface area contributed by atoms with E-state index in [4.69, 9.17) is 19.9 Å². The standard InChI is InChI=1S/C22H19N3O6/c1-3-29-22(26)19-13(2)30-21(24)18(12-23)20(19)14-4-8-16(9-5-14)31-17-10-6-15(7-11-17)25(27)28/h4-11,20H,3,24H2,1-2H3. The molecule has 2 aromatic rings. The lowest BCUT2D eigenvalue weighted by Gasteiger charge is -2.26. The van der Waals surface area contributed by atoms with Gasteiger partial charge in [0.25, 0.3) is 5.69 Å². The Morgan fingerprint density at radius 1 is 1.19 bits per heavy atom. The molecule has 0 radical (unpaired) electrons. The summed E-state index contributed by atoms with van der Waals surface area (Å²) in [6.07, 6.45) is 0. The number of nitriles is 1. The summed E-state index contributed by atoms with van der Waals surface area (Å²) < 4.78 is 16.2. The number of ether oxygens (including phenoxy) is 3. The number of hydrogen-bond donors (Lipinski definition) is 1. The molecule has 0 aliphatic carbocycles. The van der Waals surface area contributed by atoms with Gasteiger partial charge in [0.05, 0.1) is 23.0 Å². The van der Waals surface area contributed by atoms with Crippen LogP contribution >= 0.6 is 0 Å². The van der Waals surface area contributed by atoms with Gasteiger partial charge in [0.15, 0.2) is 0 Å². The van der Waals surface area contributed by atoms with Gasteiger partial charge in [0.2, 0.25) is 5.88 Å². The molecule has 1 atom stereocenters. The van der Waals surface area contributed by atoms with Crippen LogP contribution in [0.1, 0.15) is 25.3 Å². The van der Waals surface area contributed by atoms with Crippen LogP contribution in [0.3, 0.4) is 0 Å². The molecule has 2 N–H and O–H groups in total. The third-order valence-corrected chi connectivity index (χ3v) is 4.60. The van der Waals surface area contributed by atoms with E-state index in [0.29, 0.717) is 17.1 Å². The van der Waals surface area contributed by atoms with Gasteiger partial charge in [-0.05, 0) is 43.7 Å². The third kappa shape index (κ3) is 4.48. The van der Waals surface area contributed by atoms with Gasteiger partial charge in [-0.2, -0.15) is 5.26 Å². The van der Waals surface area contributed by atoms with E-state index < -0.39 is 16.8 Å². The molecular formula is C22H19N3O6. The number of nitrogens with zero attached hydrogens (tertiary/aromatic N) is 2. The molecule has 2 aromatic carbocycles. The largest absolute Gasteiger partial charge is 0.463 e. The number of carbonyl (C=O) groups is 1. The molecule has 31 heavy (non-hydrogen) atoms. The molecule has 9 nitrogen and oxygen atoms in total. The van der Waals surface area contributed by atoms with Crippen LogP contribution in [0.15, 0.2) is 71.3 Å². The van der Waals surface area contributed by atoms with Gasteiger partial charge in [0, 0.05) is 12.1 Å². The number of allylic oxidation sites excluding steroid dienone is 2. The quantitative estimate of drug-likeness (QED) is 0.419. The summed E-state index contributed by atoms with van der Waals surface area (Å²) in [6, 6.07) is 14.4. The molecule has 1 aliphatic rings. The molecule has 1 unspecified atom stereocenters. The molecule has 0 amide bonds. The lowest BCUT2D eigenvalue weighted by Crippen LogP contribution is -2.25. The number of rotatable bonds is 6. The first-order valence-corrected chi connectivity index (χ1v) is 9.33. The topological polar surface area (TPSA) is 138 Å². The van der Waals surface area contributed by atoms with Crippen LogP contribution in [0.4, 0.5) is 5.69 Å². The van der Waals surface area contributed by atoms with E-state index in [1.807, 2.05) is 6.07 Å². The first-order chi connectivity index (χ1) is 14.8. The van der Waals surface area contributed by atoms with E-state index in [-0.39, 0.29) is 35.1 Å². The Labute approximate surface area is 178 Å². The fraction of sp³-hybridized carbons (Fsp3) is 0.182. The summed E-state index contributed by atoms with van der Waals surface area (Å²) >= 11 is 0. The van der Waals surface area contributed by atoms with Gasteiger partial charge in [0.1, 0.15) is 28.9 Å². The fourth-order valence-electron chi connectivity index (χ4n) is 3.19. The predicted molar refractivity (Wildman–Crippen MR) is 110 cm³/mol. The molecular weight excluding hydrogens is 402 g/mol. The van der Waals surface area contributed by atoms with E-state index in [1.165, 1.54) is 24.3 Å². The Kier molecular flexibility index (Phi) is 6.21. The minimum absolute atomic E-state index is 0.0377. The van der Waals surface area contributed by atoms with Crippen LogP contribution < -0.4 is 10.5 Å². The molecule has 0 saturated carbocycles. The van der Waals surface area contributed by atoms with Crippen molar-refractivity contribution in [1.82, 2.24) is 0 Å². The lowest BCUT2D eigenvalue weighted by molar-refractivity contribution is -0.384. The number of carbonyl (C=O) groups excluding carboxylic acids is 1. The number of nitro benzene ring substituents is 1. The minimum atomic E-state index is -0.744. The zero-order valence-corrected chi connectivity index (χ0v) is 16.8. The van der Waals surface area contributed by atoms with Crippen molar-refractivity contribution in [3.05, 3.63) is 87.0 Å². The number of non-ortho nitro benzene ring substituents is 1. The Bertz CT molecular complexity index is 1110. The second kappa shape index (κ2) is 9.00. The van der Waals surface area contributed by atoms with Gasteiger partial charge in [-0.1, -0.05) is 12.1 Å². The van der Waals surface area contributed by atoms with Crippen molar-refractivity contribution < 1.29 is 23.9 Å². The van der Waals surface area contributed by atoms with E-state index in [0.717, 1.165) is 0 Å². The van der Waals surface area contributed by atoms with Crippen molar-refractivity contribution in [3.8, 4) is 17.6 Å². The van der Waals surface area contributed by atoms with Crippen molar-refractivity contribution >= 4 is 11.7 Å². The molecule has 0 saturated heterocycles. The monoisotopic (exact) mass is 421 g/mol. The van der Waals surface area contributed by atoms with E-state index >= 15 is 0 Å². The van der Waals surface area contributed by atoms with Crippen LogP contribution in [0.5, 0.6) is 11.5 Å². The highest BCUT2D eigenvalue weighted by molar-refractivity contribution is 5.92. The van der Waals surface area contributed by atoms with Crippen LogP contribution in [-0.2, 0) is 14.3 Å². The highest BCUT2D eigenvalue weighted by Crippen LogP contribution is 2.40. The normalized spacial score (nSPS) is 15.7. The summed E-state index contributed by atoms with van der Waals surface area (Å²) in [6.45, 7) is 3.45. The molecule has 3 rings (SSSR count). The van der Waals surface area contributed by atoms with E-state index in [9.17, 15) is 20.2 Å². The average molecular weight is 421 g/mol. The second-order valence-electron chi connectivity index (χ2n) is 6.54. The smallest absolute Gasteiger partial charge is 0.338 e. The molecule has 158 valence electrons. The first-order valence-electron chi connectivity index (χ1n) is 9.33. The maximum Gasteiger partial charge on any atom is 0.338 e. The van der Waals surface area contributed by atoms with E-state index in [2.05, 4.69) is 0 Å². The minimum Gasteiger partial charge on any atom is -0.463 e. The number of nitro groups is 1.